The number of nitrogens with one attached hydrogen (secondary N) is 1. The summed E-state index contributed by atoms with van der Waals surface area (Å²) in [5.41, 5.74) is 9.29. The summed E-state index contributed by atoms with van der Waals surface area (Å²) in [6.45, 7) is 3.96. The lowest BCUT2D eigenvalue weighted by Crippen LogP contribution is -1.99. The molecule has 0 spiro atoms. The topological polar surface area (TPSA) is 50.9 Å². The normalized spacial score (nSPS) is 10.3. The second-order valence-electron chi connectivity index (χ2n) is 4.01. The molecule has 4 heteroatoms. The molecule has 0 bridgehead atoms. The number of nitrogens with zero attached hydrogens (tertiary/aromatic N) is 1. The van der Waals surface area contributed by atoms with Crippen molar-refractivity contribution in [1.82, 2.24) is 4.98 Å². The Bertz CT molecular complexity index is 552. The van der Waals surface area contributed by atoms with Gasteiger partial charge in [-0.05, 0) is 43.2 Å². The van der Waals surface area contributed by atoms with Crippen molar-refractivity contribution in [3.05, 3.63) is 46.6 Å². The van der Waals surface area contributed by atoms with E-state index in [0.717, 1.165) is 22.6 Å². The fourth-order valence-electron chi connectivity index (χ4n) is 1.63. The smallest absolute Gasteiger partial charge is 0.133 e. The Balaban J connectivity index is 2.40. The van der Waals surface area contributed by atoms with Crippen LogP contribution in [0.25, 0.3) is 0 Å². The third-order valence-electron chi connectivity index (χ3n) is 2.51. The Morgan fingerprint density at radius 1 is 1.29 bits per heavy atom. The van der Waals surface area contributed by atoms with Gasteiger partial charge in [0.25, 0.3) is 0 Å². The molecule has 3 nitrogen and oxygen atoms in total. The second-order valence-corrected chi connectivity index (χ2v) is 4.39. The van der Waals surface area contributed by atoms with Crippen LogP contribution in [0.3, 0.4) is 0 Å². The van der Waals surface area contributed by atoms with Gasteiger partial charge in [0.1, 0.15) is 5.82 Å². The number of nitrogens with two attached hydrogens (primary N) is 1. The number of halogens is 1. The molecule has 0 atom stereocenters. The fourth-order valence-corrected chi connectivity index (χ4v) is 1.79. The molecule has 88 valence electrons. The van der Waals surface area contributed by atoms with E-state index in [9.17, 15) is 0 Å². The first kappa shape index (κ1) is 11.7. The van der Waals surface area contributed by atoms with Gasteiger partial charge in [-0.2, -0.15) is 0 Å². The summed E-state index contributed by atoms with van der Waals surface area (Å²) in [5, 5.41) is 3.73. The van der Waals surface area contributed by atoms with Crippen molar-refractivity contribution in [3.8, 4) is 0 Å². The van der Waals surface area contributed by atoms with Crippen LogP contribution in [0.15, 0.2) is 30.5 Å². The number of benzene rings is 1. The van der Waals surface area contributed by atoms with Crippen LogP contribution in [-0.4, -0.2) is 4.98 Å². The van der Waals surface area contributed by atoms with E-state index in [1.807, 2.05) is 38.1 Å². The van der Waals surface area contributed by atoms with E-state index in [-0.39, 0.29) is 0 Å². The Labute approximate surface area is 106 Å². The van der Waals surface area contributed by atoms with E-state index >= 15 is 0 Å². The van der Waals surface area contributed by atoms with Crippen LogP contribution in [0.2, 0.25) is 5.02 Å². The van der Waals surface area contributed by atoms with Crippen molar-refractivity contribution in [2.45, 2.75) is 13.8 Å². The highest BCUT2D eigenvalue weighted by Crippen LogP contribution is 2.31. The molecule has 17 heavy (non-hydrogen) atoms. The predicted octanol–water partition coefficient (Wildman–Crippen LogP) is 3.68. The Morgan fingerprint density at radius 2 is 2.06 bits per heavy atom. The molecule has 0 aliphatic heterocycles. The Kier molecular flexibility index (Phi) is 3.20. The van der Waals surface area contributed by atoms with Gasteiger partial charge >= 0.3 is 0 Å². The molecule has 0 fully saturated rings. The van der Waals surface area contributed by atoms with Gasteiger partial charge in [-0.3, -0.25) is 0 Å². The molecule has 3 N–H and O–H groups in total. The molecule has 1 aromatic heterocycles. The molecule has 2 aromatic rings. The van der Waals surface area contributed by atoms with Gasteiger partial charge in [0.05, 0.1) is 16.4 Å². The van der Waals surface area contributed by atoms with Gasteiger partial charge in [0.15, 0.2) is 0 Å². The largest absolute Gasteiger partial charge is 0.397 e. The molecule has 1 heterocycles. The van der Waals surface area contributed by atoms with Crippen molar-refractivity contribution >= 4 is 28.8 Å². The summed E-state index contributed by atoms with van der Waals surface area (Å²) < 4.78 is 0. The van der Waals surface area contributed by atoms with Gasteiger partial charge in [-0.15, -0.1) is 0 Å². The maximum Gasteiger partial charge on any atom is 0.133 e. The SMILES string of the molecule is Cc1cc(N)c(Cl)c(Nc2ncccc2C)c1. The number of anilines is 3. The van der Waals surface area contributed by atoms with Gasteiger partial charge in [0, 0.05) is 6.20 Å². The fraction of sp³-hybridized carbons (Fsp3) is 0.154. The molecule has 0 aliphatic carbocycles. The average molecular weight is 248 g/mol. The molecule has 0 saturated heterocycles. The lowest BCUT2D eigenvalue weighted by molar-refractivity contribution is 1.25. The van der Waals surface area contributed by atoms with Crippen LogP contribution < -0.4 is 11.1 Å². The molecule has 0 saturated carbocycles. The van der Waals surface area contributed by atoms with E-state index < -0.39 is 0 Å². The van der Waals surface area contributed by atoms with Crippen LogP contribution >= 0.6 is 11.6 Å². The highest BCUT2D eigenvalue weighted by Gasteiger charge is 2.07. The number of pyridine rings is 1. The first-order chi connectivity index (χ1) is 8.08. The lowest BCUT2D eigenvalue weighted by Gasteiger charge is -2.12. The number of aromatic nitrogens is 1. The van der Waals surface area contributed by atoms with Crippen LogP contribution in [0, 0.1) is 13.8 Å². The van der Waals surface area contributed by atoms with Gasteiger partial charge in [-0.25, -0.2) is 4.98 Å². The maximum atomic E-state index is 6.15. The van der Waals surface area contributed by atoms with Gasteiger partial charge < -0.3 is 11.1 Å². The lowest BCUT2D eigenvalue weighted by atomic mass is 10.2. The molecule has 0 aliphatic rings. The molecule has 2 rings (SSSR count). The number of nitrogen functional groups attached to an aromatic ring is 1. The van der Waals surface area contributed by atoms with Gasteiger partial charge in [-0.1, -0.05) is 17.7 Å². The van der Waals surface area contributed by atoms with E-state index in [2.05, 4.69) is 10.3 Å². The first-order valence-electron chi connectivity index (χ1n) is 5.32. The maximum absolute atomic E-state index is 6.15. The molecular formula is C13H14ClN3. The van der Waals surface area contributed by atoms with Crippen molar-refractivity contribution < 1.29 is 0 Å². The first-order valence-corrected chi connectivity index (χ1v) is 5.70. The zero-order chi connectivity index (χ0) is 12.4. The Hall–Kier alpha value is -1.74. The molecule has 0 amide bonds. The molecule has 1 aromatic carbocycles. The minimum atomic E-state index is 0.528. The van der Waals surface area contributed by atoms with Gasteiger partial charge in [0.2, 0.25) is 0 Å². The Morgan fingerprint density at radius 3 is 2.76 bits per heavy atom. The average Bonchev–Trinajstić information content (AvgIpc) is 2.28. The molecule has 0 unspecified atom stereocenters. The summed E-state index contributed by atoms with van der Waals surface area (Å²) >= 11 is 6.15. The van der Waals surface area contributed by atoms with E-state index in [1.54, 1.807) is 6.20 Å². The summed E-state index contributed by atoms with van der Waals surface area (Å²) in [5.74, 6) is 0.791. The molecular weight excluding hydrogens is 234 g/mol. The van der Waals surface area contributed by atoms with Crippen LogP contribution in [0.4, 0.5) is 17.2 Å². The molecule has 0 radical (unpaired) electrons. The van der Waals surface area contributed by atoms with Crippen LogP contribution in [0.5, 0.6) is 0 Å². The van der Waals surface area contributed by atoms with Crippen molar-refractivity contribution in [2.24, 2.45) is 0 Å². The van der Waals surface area contributed by atoms with E-state index in [4.69, 9.17) is 17.3 Å². The minimum absolute atomic E-state index is 0.528. The van der Waals surface area contributed by atoms with E-state index in [0.29, 0.717) is 10.7 Å². The number of hydrogen-bond acceptors (Lipinski definition) is 3. The highest BCUT2D eigenvalue weighted by atomic mass is 35.5. The summed E-state index contributed by atoms with van der Waals surface area (Å²) in [6.07, 6.45) is 1.74. The van der Waals surface area contributed by atoms with Crippen molar-refractivity contribution in [2.75, 3.05) is 11.1 Å². The van der Waals surface area contributed by atoms with Crippen LogP contribution in [0.1, 0.15) is 11.1 Å². The zero-order valence-corrected chi connectivity index (χ0v) is 10.5. The number of aryl methyl sites for hydroxylation is 2. The van der Waals surface area contributed by atoms with E-state index in [1.165, 1.54) is 0 Å². The number of hydrogen-bond donors (Lipinski definition) is 2. The quantitative estimate of drug-likeness (QED) is 0.796. The number of rotatable bonds is 2. The standard InChI is InChI=1S/C13H14ClN3/c1-8-6-10(15)12(14)11(7-8)17-13-9(2)4-3-5-16-13/h3-7H,15H2,1-2H3,(H,16,17). The van der Waals surface area contributed by atoms with Crippen molar-refractivity contribution in [3.63, 3.8) is 0 Å². The third kappa shape index (κ3) is 2.50. The highest BCUT2D eigenvalue weighted by molar-refractivity contribution is 6.35. The second kappa shape index (κ2) is 4.63. The minimum Gasteiger partial charge on any atom is -0.397 e. The summed E-state index contributed by atoms with van der Waals surface area (Å²) in [7, 11) is 0. The zero-order valence-electron chi connectivity index (χ0n) is 9.79. The van der Waals surface area contributed by atoms with Crippen LogP contribution in [-0.2, 0) is 0 Å². The monoisotopic (exact) mass is 247 g/mol. The predicted molar refractivity (Wildman–Crippen MR) is 72.9 cm³/mol. The third-order valence-corrected chi connectivity index (χ3v) is 2.93. The summed E-state index contributed by atoms with van der Waals surface area (Å²) in [4.78, 5) is 4.26. The summed E-state index contributed by atoms with van der Waals surface area (Å²) in [6, 6.07) is 7.68. The van der Waals surface area contributed by atoms with Crippen molar-refractivity contribution in [1.29, 1.82) is 0 Å².